The zero-order valence-electron chi connectivity index (χ0n) is 4.64. The molecule has 8 heavy (non-hydrogen) atoms. The molecule has 0 radical (unpaired) electrons. The van der Waals surface area contributed by atoms with Gasteiger partial charge in [0.2, 0.25) is 0 Å². The minimum atomic E-state index is 0.889. The van der Waals surface area contributed by atoms with Crippen LogP contribution in [0, 0.1) is 10.5 Å². The molecule has 4 nitrogen and oxygen atoms in total. The molecule has 0 aliphatic carbocycles. The number of rotatable bonds is 0. The first kappa shape index (κ1) is 7.52. The molecule has 0 bridgehead atoms. The molecule has 1 aliphatic heterocycles. The minimum Gasteiger partial charge on any atom is -0.379 e. The average Bonchev–Trinajstić information content (AvgIpc) is 1.96. The van der Waals surface area contributed by atoms with Gasteiger partial charge in [-0.3, -0.25) is 0 Å². The maximum absolute atomic E-state index is 7.50. The highest BCUT2D eigenvalue weighted by molar-refractivity contribution is 4.49. The van der Waals surface area contributed by atoms with Crippen molar-refractivity contribution >= 4 is 0 Å². The molecule has 0 aromatic heterocycles. The van der Waals surface area contributed by atoms with E-state index in [1.165, 1.54) is 0 Å². The van der Waals surface area contributed by atoms with Gasteiger partial charge < -0.3 is 10.1 Å². The van der Waals surface area contributed by atoms with Crippen molar-refractivity contribution in [3.63, 3.8) is 0 Å². The Morgan fingerprint density at radius 3 is 1.88 bits per heavy atom. The first-order valence-electron chi connectivity index (χ1n) is 2.49. The molecule has 0 aromatic rings. The Bertz CT molecular complexity index is 35.8. The molecular formula is C4H10N2O2. The Balaban J connectivity index is 0.000000222. The van der Waals surface area contributed by atoms with Crippen LogP contribution in [-0.2, 0) is 4.74 Å². The molecule has 0 atom stereocenters. The molecular weight excluding hydrogens is 108 g/mol. The summed E-state index contributed by atoms with van der Waals surface area (Å²) in [5.74, 6) is 0. The summed E-state index contributed by atoms with van der Waals surface area (Å²) in [6, 6.07) is 0. The van der Waals surface area contributed by atoms with E-state index in [1.807, 2.05) is 0 Å². The lowest BCUT2D eigenvalue weighted by Gasteiger charge is -2.10. The van der Waals surface area contributed by atoms with Gasteiger partial charge in [-0.25, -0.2) is 0 Å². The SMILES string of the molecule is C1COCCN1.N=O. The highest BCUT2D eigenvalue weighted by atomic mass is 16.5. The van der Waals surface area contributed by atoms with E-state index in [2.05, 4.69) is 10.9 Å². The largest absolute Gasteiger partial charge is 0.379 e. The van der Waals surface area contributed by atoms with Crippen LogP contribution in [0.4, 0.5) is 0 Å². The summed E-state index contributed by atoms with van der Waals surface area (Å²) in [6.07, 6.45) is 0. The van der Waals surface area contributed by atoms with Crippen LogP contribution in [0.3, 0.4) is 0 Å². The van der Waals surface area contributed by atoms with Crippen molar-refractivity contribution in [1.29, 1.82) is 5.59 Å². The Kier molecular flexibility index (Phi) is 6.13. The van der Waals surface area contributed by atoms with Crippen LogP contribution in [0.15, 0.2) is 0 Å². The van der Waals surface area contributed by atoms with Gasteiger partial charge in [-0.15, -0.1) is 0 Å². The molecule has 4 heteroatoms. The lowest BCUT2D eigenvalue weighted by molar-refractivity contribution is 0.109. The quantitative estimate of drug-likeness (QED) is 0.438. The van der Waals surface area contributed by atoms with Crippen LogP contribution in [0.25, 0.3) is 0 Å². The van der Waals surface area contributed by atoms with E-state index in [1.54, 1.807) is 0 Å². The molecule has 48 valence electrons. The second kappa shape index (κ2) is 6.52. The Labute approximate surface area is 48.0 Å². The molecule has 1 heterocycles. The van der Waals surface area contributed by atoms with E-state index in [4.69, 9.17) is 9.64 Å². The van der Waals surface area contributed by atoms with Gasteiger partial charge in [0.15, 0.2) is 0 Å². The topological polar surface area (TPSA) is 62.2 Å². The summed E-state index contributed by atoms with van der Waals surface area (Å²) in [5, 5.41) is 3.16. The number of ether oxygens (including phenoxy) is 1. The van der Waals surface area contributed by atoms with Crippen molar-refractivity contribution in [3.8, 4) is 0 Å². The maximum Gasteiger partial charge on any atom is 0.0591 e. The van der Waals surface area contributed by atoms with Gasteiger partial charge in [-0.1, -0.05) is 5.59 Å². The third-order valence-corrected chi connectivity index (χ3v) is 0.846. The second-order valence-corrected chi connectivity index (χ2v) is 1.36. The van der Waals surface area contributed by atoms with Crippen LogP contribution < -0.4 is 5.32 Å². The van der Waals surface area contributed by atoms with E-state index < -0.39 is 0 Å². The van der Waals surface area contributed by atoms with Crippen LogP contribution >= 0.6 is 0 Å². The number of morpholine rings is 1. The summed E-state index contributed by atoms with van der Waals surface area (Å²) >= 11 is 0. The van der Waals surface area contributed by atoms with Gasteiger partial charge in [0.25, 0.3) is 0 Å². The van der Waals surface area contributed by atoms with Gasteiger partial charge in [-0.2, -0.15) is 4.91 Å². The fourth-order valence-electron chi connectivity index (χ4n) is 0.516. The minimum absolute atomic E-state index is 0.889. The lowest BCUT2D eigenvalue weighted by atomic mass is 10.5. The van der Waals surface area contributed by atoms with Gasteiger partial charge in [0, 0.05) is 13.1 Å². The highest BCUT2D eigenvalue weighted by Crippen LogP contribution is 1.76. The van der Waals surface area contributed by atoms with E-state index in [0.29, 0.717) is 0 Å². The third kappa shape index (κ3) is 3.70. The fraction of sp³-hybridized carbons (Fsp3) is 1.00. The van der Waals surface area contributed by atoms with Crippen LogP contribution in [0.5, 0.6) is 0 Å². The molecule has 1 fully saturated rings. The standard InChI is InChI=1S/C4H9NO.HNO/c1-3-6-4-2-5-1;1-2/h5H,1-4H2;1H. The smallest absolute Gasteiger partial charge is 0.0591 e. The predicted molar refractivity (Wildman–Crippen MR) is 29.8 cm³/mol. The van der Waals surface area contributed by atoms with Crippen molar-refractivity contribution in [2.75, 3.05) is 26.3 Å². The van der Waals surface area contributed by atoms with E-state index in [9.17, 15) is 0 Å². The fourth-order valence-corrected chi connectivity index (χ4v) is 0.516. The third-order valence-electron chi connectivity index (χ3n) is 0.846. The van der Waals surface area contributed by atoms with Gasteiger partial charge in [0.1, 0.15) is 0 Å². The van der Waals surface area contributed by atoms with Crippen molar-refractivity contribution in [2.24, 2.45) is 0 Å². The van der Waals surface area contributed by atoms with Crippen molar-refractivity contribution in [3.05, 3.63) is 4.91 Å². The summed E-state index contributed by atoms with van der Waals surface area (Å²) in [4.78, 5) is 7.50. The normalized spacial score (nSPS) is 18.5. The van der Waals surface area contributed by atoms with E-state index in [0.717, 1.165) is 26.3 Å². The number of hydrogen-bond acceptors (Lipinski definition) is 4. The average molecular weight is 118 g/mol. The van der Waals surface area contributed by atoms with Gasteiger partial charge >= 0.3 is 0 Å². The molecule has 2 N–H and O–H groups in total. The lowest BCUT2D eigenvalue weighted by Crippen LogP contribution is -2.30. The van der Waals surface area contributed by atoms with Crippen LogP contribution in [0.1, 0.15) is 0 Å². The highest BCUT2D eigenvalue weighted by Gasteiger charge is 1.92. The number of nitroso groups, excluding NO2 is 1. The van der Waals surface area contributed by atoms with Gasteiger partial charge in [0.05, 0.1) is 13.2 Å². The maximum atomic E-state index is 7.50. The first-order valence-corrected chi connectivity index (χ1v) is 2.49. The molecule has 0 aromatic carbocycles. The summed E-state index contributed by atoms with van der Waals surface area (Å²) in [5.41, 5.74) is 4.50. The molecule has 0 spiro atoms. The summed E-state index contributed by atoms with van der Waals surface area (Å²) < 4.78 is 5.01. The van der Waals surface area contributed by atoms with Crippen molar-refractivity contribution < 1.29 is 4.74 Å². The monoisotopic (exact) mass is 118 g/mol. The van der Waals surface area contributed by atoms with Gasteiger partial charge in [-0.05, 0) is 0 Å². The zero-order valence-corrected chi connectivity index (χ0v) is 4.64. The van der Waals surface area contributed by atoms with E-state index in [-0.39, 0.29) is 0 Å². The van der Waals surface area contributed by atoms with E-state index >= 15 is 0 Å². The second-order valence-electron chi connectivity index (χ2n) is 1.36. The molecule has 0 amide bonds. The Morgan fingerprint density at radius 1 is 1.25 bits per heavy atom. The summed E-state index contributed by atoms with van der Waals surface area (Å²) in [6.45, 7) is 3.83. The Hall–Kier alpha value is -0.480. The summed E-state index contributed by atoms with van der Waals surface area (Å²) in [7, 11) is 0. The molecule has 0 unspecified atom stereocenters. The molecule has 0 saturated carbocycles. The molecule has 1 aliphatic rings. The van der Waals surface area contributed by atoms with Crippen molar-refractivity contribution in [1.82, 2.24) is 5.32 Å². The predicted octanol–water partition coefficient (Wildman–Crippen LogP) is -0.0622. The van der Waals surface area contributed by atoms with Crippen molar-refractivity contribution in [2.45, 2.75) is 0 Å². The molecule has 1 saturated heterocycles. The van der Waals surface area contributed by atoms with Crippen LogP contribution in [0.2, 0.25) is 0 Å². The number of hydrogen-bond donors (Lipinski definition) is 2. The number of nitrogens with one attached hydrogen (secondary N) is 2. The van der Waals surface area contributed by atoms with Crippen LogP contribution in [-0.4, -0.2) is 26.3 Å². The Morgan fingerprint density at radius 2 is 1.75 bits per heavy atom. The molecule has 1 rings (SSSR count). The zero-order chi connectivity index (χ0) is 6.24. The first-order chi connectivity index (χ1) is 4.00.